The quantitative estimate of drug-likeness (QED) is 0.885. The van der Waals surface area contributed by atoms with Crippen molar-refractivity contribution in [2.75, 3.05) is 6.54 Å². The van der Waals surface area contributed by atoms with Crippen LogP contribution in [0.15, 0.2) is 16.8 Å². The molecule has 1 aliphatic rings. The van der Waals surface area contributed by atoms with Crippen molar-refractivity contribution in [3.8, 4) is 0 Å². The molecule has 7 heteroatoms. The first-order chi connectivity index (χ1) is 9.58. The predicted molar refractivity (Wildman–Crippen MR) is 68.2 cm³/mol. The number of pyridine rings is 1. The van der Waals surface area contributed by atoms with Crippen LogP contribution >= 0.6 is 0 Å². The number of carbonyl (C=O) groups is 2. The molecule has 0 unspecified atom stereocenters. The lowest BCUT2D eigenvalue weighted by molar-refractivity contribution is -0.141. The first kappa shape index (κ1) is 12.6. The number of carboxylic acids is 1. The van der Waals surface area contributed by atoms with Crippen molar-refractivity contribution in [1.29, 1.82) is 0 Å². The Morgan fingerprint density at radius 1 is 1.50 bits per heavy atom. The largest absolute Gasteiger partial charge is 0.480 e. The number of nitrogens with zero attached hydrogens (tertiary/aromatic N) is 3. The van der Waals surface area contributed by atoms with Crippen molar-refractivity contribution in [2.45, 2.75) is 25.8 Å². The van der Waals surface area contributed by atoms with Crippen molar-refractivity contribution in [2.24, 2.45) is 0 Å². The molecule has 7 nitrogen and oxygen atoms in total. The van der Waals surface area contributed by atoms with Gasteiger partial charge in [-0.3, -0.25) is 4.79 Å². The maximum absolute atomic E-state index is 12.4. The fraction of sp³-hybridized carbons (Fsp3) is 0.385. The molecule has 0 aliphatic carbocycles. The first-order valence-electron chi connectivity index (χ1n) is 6.33. The molecule has 0 radical (unpaired) electrons. The van der Waals surface area contributed by atoms with E-state index in [0.29, 0.717) is 41.7 Å². The Kier molecular flexibility index (Phi) is 2.89. The van der Waals surface area contributed by atoms with Gasteiger partial charge in [-0.25, -0.2) is 9.78 Å². The van der Waals surface area contributed by atoms with E-state index >= 15 is 0 Å². The van der Waals surface area contributed by atoms with E-state index in [2.05, 4.69) is 10.1 Å². The number of aliphatic carboxylic acids is 1. The summed E-state index contributed by atoms with van der Waals surface area (Å²) in [6.07, 6.45) is 2.58. The van der Waals surface area contributed by atoms with Gasteiger partial charge in [0.25, 0.3) is 11.6 Å². The minimum Gasteiger partial charge on any atom is -0.480 e. The molecule has 1 atom stereocenters. The van der Waals surface area contributed by atoms with E-state index in [1.807, 2.05) is 0 Å². The number of aromatic nitrogens is 2. The average Bonchev–Trinajstić information content (AvgIpc) is 3.05. The number of hydrogen-bond donors (Lipinski definition) is 1. The van der Waals surface area contributed by atoms with Crippen LogP contribution in [0.3, 0.4) is 0 Å². The lowest BCUT2D eigenvalue weighted by Crippen LogP contribution is -2.40. The first-order valence-corrected chi connectivity index (χ1v) is 6.33. The Labute approximate surface area is 114 Å². The SMILES string of the molecule is Cc1noc2ncc(C(=O)N3CCC[C@@H]3C(=O)O)cc12. The van der Waals surface area contributed by atoms with E-state index in [-0.39, 0.29) is 5.91 Å². The van der Waals surface area contributed by atoms with Gasteiger partial charge < -0.3 is 14.5 Å². The number of fused-ring (bicyclic) bond motifs is 1. The molecule has 2 aromatic heterocycles. The summed E-state index contributed by atoms with van der Waals surface area (Å²) in [5.41, 5.74) is 1.38. The predicted octanol–water partition coefficient (Wildman–Crippen LogP) is 1.22. The lowest BCUT2D eigenvalue weighted by Gasteiger charge is -2.21. The molecule has 1 aliphatic heterocycles. The lowest BCUT2D eigenvalue weighted by atomic mass is 10.1. The van der Waals surface area contributed by atoms with E-state index in [9.17, 15) is 9.59 Å². The van der Waals surface area contributed by atoms with Gasteiger partial charge in [0, 0.05) is 12.7 Å². The van der Waals surface area contributed by atoms with Crippen LogP contribution in [0.5, 0.6) is 0 Å². The zero-order chi connectivity index (χ0) is 14.3. The van der Waals surface area contributed by atoms with E-state index in [0.717, 1.165) is 0 Å². The third-order valence-electron chi connectivity index (χ3n) is 3.56. The van der Waals surface area contributed by atoms with Crippen LogP contribution in [0, 0.1) is 6.92 Å². The van der Waals surface area contributed by atoms with Crippen LogP contribution < -0.4 is 0 Å². The second kappa shape index (κ2) is 4.59. The topological polar surface area (TPSA) is 96.5 Å². The molecule has 0 bridgehead atoms. The summed E-state index contributed by atoms with van der Waals surface area (Å²) in [5, 5.41) is 13.6. The second-order valence-electron chi connectivity index (χ2n) is 4.84. The Hall–Kier alpha value is -2.44. The zero-order valence-electron chi connectivity index (χ0n) is 10.9. The van der Waals surface area contributed by atoms with Gasteiger partial charge in [-0.15, -0.1) is 0 Å². The van der Waals surface area contributed by atoms with Gasteiger partial charge in [0.2, 0.25) is 0 Å². The summed E-state index contributed by atoms with van der Waals surface area (Å²) in [6.45, 7) is 2.22. The molecule has 0 spiro atoms. The Bertz CT molecular complexity index is 694. The number of aryl methyl sites for hydroxylation is 1. The smallest absolute Gasteiger partial charge is 0.326 e. The van der Waals surface area contributed by atoms with Crippen LogP contribution in [0.25, 0.3) is 11.1 Å². The second-order valence-corrected chi connectivity index (χ2v) is 4.84. The Balaban J connectivity index is 1.95. The molecule has 0 saturated carbocycles. The fourth-order valence-corrected chi connectivity index (χ4v) is 2.49. The summed E-state index contributed by atoms with van der Waals surface area (Å²) in [4.78, 5) is 29.0. The molecule has 0 aromatic carbocycles. The highest BCUT2D eigenvalue weighted by molar-refractivity contribution is 5.99. The van der Waals surface area contributed by atoms with E-state index < -0.39 is 12.0 Å². The third kappa shape index (κ3) is 1.91. The highest BCUT2D eigenvalue weighted by Gasteiger charge is 2.34. The van der Waals surface area contributed by atoms with Crippen LogP contribution in [-0.2, 0) is 4.79 Å². The van der Waals surface area contributed by atoms with Gasteiger partial charge in [0.1, 0.15) is 6.04 Å². The van der Waals surface area contributed by atoms with Crippen molar-refractivity contribution < 1.29 is 19.2 Å². The van der Waals surface area contributed by atoms with Gasteiger partial charge in [0.15, 0.2) is 0 Å². The number of hydrogen-bond acceptors (Lipinski definition) is 5. The Morgan fingerprint density at radius 2 is 2.30 bits per heavy atom. The van der Waals surface area contributed by atoms with Gasteiger partial charge in [-0.05, 0) is 25.8 Å². The van der Waals surface area contributed by atoms with Gasteiger partial charge in [-0.1, -0.05) is 5.16 Å². The zero-order valence-corrected chi connectivity index (χ0v) is 10.9. The van der Waals surface area contributed by atoms with Gasteiger partial charge in [-0.2, -0.15) is 0 Å². The molecular formula is C13H13N3O4. The molecule has 104 valence electrons. The summed E-state index contributed by atoms with van der Waals surface area (Å²) in [7, 11) is 0. The monoisotopic (exact) mass is 275 g/mol. The maximum atomic E-state index is 12.4. The van der Waals surface area contributed by atoms with E-state index in [1.165, 1.54) is 11.1 Å². The minimum absolute atomic E-state index is 0.315. The normalized spacial score (nSPS) is 18.6. The van der Waals surface area contributed by atoms with Crippen molar-refractivity contribution in [3.05, 3.63) is 23.5 Å². The third-order valence-corrected chi connectivity index (χ3v) is 3.56. The van der Waals surface area contributed by atoms with Crippen LogP contribution in [0.4, 0.5) is 0 Å². The molecule has 2 aromatic rings. The molecule has 1 fully saturated rings. The average molecular weight is 275 g/mol. The highest BCUT2D eigenvalue weighted by atomic mass is 16.5. The van der Waals surface area contributed by atoms with E-state index in [1.54, 1.807) is 13.0 Å². The molecule has 1 N–H and O–H groups in total. The van der Waals surface area contributed by atoms with E-state index in [4.69, 9.17) is 9.63 Å². The van der Waals surface area contributed by atoms with Gasteiger partial charge in [0.05, 0.1) is 16.6 Å². The molecule has 1 saturated heterocycles. The number of carboxylic acid groups (broad SMARTS) is 1. The molecule has 20 heavy (non-hydrogen) atoms. The fourth-order valence-electron chi connectivity index (χ4n) is 2.49. The van der Waals surface area contributed by atoms with Gasteiger partial charge >= 0.3 is 5.97 Å². The molecule has 3 rings (SSSR count). The van der Waals surface area contributed by atoms with Crippen molar-refractivity contribution >= 4 is 23.0 Å². The number of likely N-dealkylation sites (tertiary alicyclic amines) is 1. The molecule has 3 heterocycles. The minimum atomic E-state index is -0.967. The highest BCUT2D eigenvalue weighted by Crippen LogP contribution is 2.22. The van der Waals surface area contributed by atoms with Crippen LogP contribution in [-0.4, -0.2) is 44.6 Å². The summed E-state index contributed by atoms with van der Waals surface area (Å²) in [5.74, 6) is -1.28. The summed E-state index contributed by atoms with van der Waals surface area (Å²) < 4.78 is 4.99. The molecular weight excluding hydrogens is 262 g/mol. The van der Waals surface area contributed by atoms with Crippen LogP contribution in [0.1, 0.15) is 28.9 Å². The summed E-state index contributed by atoms with van der Waals surface area (Å²) in [6, 6.07) is 0.898. The van der Waals surface area contributed by atoms with Crippen molar-refractivity contribution in [1.82, 2.24) is 15.0 Å². The molecule has 1 amide bonds. The standard InChI is InChI=1S/C13H13N3O4/c1-7-9-5-8(6-14-11(9)20-15-7)12(17)16-4-2-3-10(16)13(18)19/h5-6,10H,2-4H2,1H3,(H,18,19)/t10-/m1/s1. The number of amides is 1. The number of rotatable bonds is 2. The van der Waals surface area contributed by atoms with Crippen molar-refractivity contribution in [3.63, 3.8) is 0 Å². The Morgan fingerprint density at radius 3 is 3.05 bits per heavy atom. The summed E-state index contributed by atoms with van der Waals surface area (Å²) >= 11 is 0. The maximum Gasteiger partial charge on any atom is 0.326 e. The van der Waals surface area contributed by atoms with Crippen LogP contribution in [0.2, 0.25) is 0 Å². The number of carbonyl (C=O) groups excluding carboxylic acids is 1.